The van der Waals surface area contributed by atoms with E-state index in [-0.39, 0.29) is 23.7 Å². The number of amides is 2. The molecule has 1 heterocycles. The standard InChI is InChI=1S/C21H23ClN2O3S/c1-16(28-19-5-3-2-4-6-19)21(26)24-13-11-23(12-14-24)20(25)15-27-18-9-7-17(22)8-10-18/h2-10,16H,11-15H2,1H3. The largest absolute Gasteiger partial charge is 0.484 e. The van der Waals surface area contributed by atoms with Crippen molar-refractivity contribution in [1.82, 2.24) is 9.80 Å². The molecule has 1 saturated heterocycles. The Labute approximate surface area is 174 Å². The van der Waals surface area contributed by atoms with Gasteiger partial charge in [-0.3, -0.25) is 9.59 Å². The number of benzene rings is 2. The fourth-order valence-electron chi connectivity index (χ4n) is 2.95. The van der Waals surface area contributed by atoms with Crippen molar-refractivity contribution < 1.29 is 14.3 Å². The Balaban J connectivity index is 1.43. The van der Waals surface area contributed by atoms with Gasteiger partial charge in [0.15, 0.2) is 6.61 Å². The van der Waals surface area contributed by atoms with E-state index in [4.69, 9.17) is 16.3 Å². The summed E-state index contributed by atoms with van der Waals surface area (Å²) in [5.41, 5.74) is 0. The fraction of sp³-hybridized carbons (Fsp3) is 0.333. The highest BCUT2D eigenvalue weighted by molar-refractivity contribution is 8.00. The van der Waals surface area contributed by atoms with Crippen LogP contribution in [0.5, 0.6) is 5.75 Å². The Kier molecular flexibility index (Phi) is 7.23. The second-order valence-electron chi connectivity index (χ2n) is 6.52. The molecule has 0 aromatic heterocycles. The summed E-state index contributed by atoms with van der Waals surface area (Å²) in [7, 11) is 0. The number of ether oxygens (including phenoxy) is 1. The van der Waals surface area contributed by atoms with Gasteiger partial charge in [-0.25, -0.2) is 0 Å². The molecule has 28 heavy (non-hydrogen) atoms. The van der Waals surface area contributed by atoms with E-state index in [1.165, 1.54) is 0 Å². The highest BCUT2D eigenvalue weighted by Crippen LogP contribution is 2.24. The molecule has 1 atom stereocenters. The quantitative estimate of drug-likeness (QED) is 0.673. The maximum absolute atomic E-state index is 12.7. The molecule has 2 aromatic carbocycles. The lowest BCUT2D eigenvalue weighted by Gasteiger charge is -2.35. The molecule has 0 saturated carbocycles. The molecule has 1 aliphatic heterocycles. The number of hydrogen-bond acceptors (Lipinski definition) is 4. The van der Waals surface area contributed by atoms with E-state index in [1.807, 2.05) is 42.2 Å². The molecule has 2 amide bonds. The number of carbonyl (C=O) groups is 2. The van der Waals surface area contributed by atoms with Gasteiger partial charge in [-0.2, -0.15) is 0 Å². The van der Waals surface area contributed by atoms with Crippen molar-refractivity contribution in [2.75, 3.05) is 32.8 Å². The van der Waals surface area contributed by atoms with E-state index in [9.17, 15) is 9.59 Å². The Hall–Kier alpha value is -2.18. The molecule has 0 N–H and O–H groups in total. The first-order chi connectivity index (χ1) is 13.5. The lowest BCUT2D eigenvalue weighted by atomic mass is 10.3. The molecule has 3 rings (SSSR count). The van der Waals surface area contributed by atoms with Gasteiger partial charge in [-0.15, -0.1) is 11.8 Å². The number of rotatable bonds is 6. The normalized spacial score (nSPS) is 15.2. The van der Waals surface area contributed by atoms with Crippen LogP contribution in [0.1, 0.15) is 6.92 Å². The topological polar surface area (TPSA) is 49.9 Å². The lowest BCUT2D eigenvalue weighted by Crippen LogP contribution is -2.53. The average Bonchev–Trinajstić information content (AvgIpc) is 2.73. The lowest BCUT2D eigenvalue weighted by molar-refractivity contribution is -0.140. The SMILES string of the molecule is CC(Sc1ccccc1)C(=O)N1CCN(C(=O)COc2ccc(Cl)cc2)CC1. The minimum absolute atomic E-state index is 0.0180. The number of hydrogen-bond donors (Lipinski definition) is 0. The molecule has 7 heteroatoms. The molecule has 5 nitrogen and oxygen atoms in total. The van der Waals surface area contributed by atoms with Gasteiger partial charge < -0.3 is 14.5 Å². The molecule has 1 unspecified atom stereocenters. The zero-order valence-corrected chi connectivity index (χ0v) is 17.3. The summed E-state index contributed by atoms with van der Waals surface area (Å²) < 4.78 is 5.52. The first-order valence-corrected chi connectivity index (χ1v) is 10.5. The molecule has 0 aliphatic carbocycles. The van der Waals surface area contributed by atoms with Crippen molar-refractivity contribution in [2.24, 2.45) is 0 Å². The van der Waals surface area contributed by atoms with Crippen LogP contribution in [0.25, 0.3) is 0 Å². The molecule has 2 aromatic rings. The molecule has 148 valence electrons. The third-order valence-electron chi connectivity index (χ3n) is 4.52. The van der Waals surface area contributed by atoms with Crippen LogP contribution in [0.2, 0.25) is 5.02 Å². The molecule has 0 bridgehead atoms. The van der Waals surface area contributed by atoms with Gasteiger partial charge in [0.05, 0.1) is 5.25 Å². The summed E-state index contributed by atoms with van der Waals surface area (Å²) in [5, 5.41) is 0.469. The Morgan fingerprint density at radius 1 is 1.00 bits per heavy atom. The van der Waals surface area contributed by atoms with E-state index in [0.717, 1.165) is 4.90 Å². The smallest absolute Gasteiger partial charge is 0.260 e. The van der Waals surface area contributed by atoms with E-state index >= 15 is 0 Å². The van der Waals surface area contributed by atoms with E-state index in [2.05, 4.69) is 0 Å². The number of halogens is 1. The predicted octanol–water partition coefficient (Wildman–Crippen LogP) is 3.57. The van der Waals surface area contributed by atoms with E-state index < -0.39 is 0 Å². The molecule has 1 fully saturated rings. The fourth-order valence-corrected chi connectivity index (χ4v) is 4.05. The van der Waals surface area contributed by atoms with Crippen molar-refractivity contribution in [3.63, 3.8) is 0 Å². The Morgan fingerprint density at radius 2 is 1.61 bits per heavy atom. The van der Waals surface area contributed by atoms with E-state index in [0.29, 0.717) is 37.0 Å². The van der Waals surface area contributed by atoms with Gasteiger partial charge in [-0.1, -0.05) is 29.8 Å². The molecule has 1 aliphatic rings. The van der Waals surface area contributed by atoms with Crippen LogP contribution in [-0.2, 0) is 9.59 Å². The summed E-state index contributed by atoms with van der Waals surface area (Å²) in [6.45, 7) is 4.05. The van der Waals surface area contributed by atoms with Gasteiger partial charge in [-0.05, 0) is 43.3 Å². The van der Waals surface area contributed by atoms with Crippen molar-refractivity contribution in [1.29, 1.82) is 0 Å². The van der Waals surface area contributed by atoms with Crippen molar-refractivity contribution >= 4 is 35.2 Å². The second-order valence-corrected chi connectivity index (χ2v) is 8.37. The highest BCUT2D eigenvalue weighted by atomic mass is 35.5. The highest BCUT2D eigenvalue weighted by Gasteiger charge is 2.27. The van der Waals surface area contributed by atoms with Crippen LogP contribution in [0.4, 0.5) is 0 Å². The second kappa shape index (κ2) is 9.85. The number of carbonyl (C=O) groups excluding carboxylic acids is 2. The van der Waals surface area contributed by atoms with Crippen LogP contribution in [0.15, 0.2) is 59.5 Å². The Bertz CT molecular complexity index is 793. The van der Waals surface area contributed by atoms with Crippen LogP contribution >= 0.6 is 23.4 Å². The van der Waals surface area contributed by atoms with Crippen LogP contribution in [-0.4, -0.2) is 59.7 Å². The van der Waals surface area contributed by atoms with Gasteiger partial charge >= 0.3 is 0 Å². The summed E-state index contributed by atoms with van der Waals surface area (Å²) >= 11 is 7.40. The van der Waals surface area contributed by atoms with Crippen LogP contribution in [0.3, 0.4) is 0 Å². The van der Waals surface area contributed by atoms with Crippen molar-refractivity contribution in [3.05, 3.63) is 59.6 Å². The summed E-state index contributed by atoms with van der Waals surface area (Å²) in [6.07, 6.45) is 0. The van der Waals surface area contributed by atoms with Gasteiger partial charge in [0.2, 0.25) is 5.91 Å². The number of nitrogens with zero attached hydrogens (tertiary/aromatic N) is 2. The minimum atomic E-state index is -0.155. The molecule has 0 spiro atoms. The number of piperazine rings is 1. The van der Waals surface area contributed by atoms with Crippen LogP contribution in [0, 0.1) is 0 Å². The first-order valence-electron chi connectivity index (χ1n) is 9.19. The maximum atomic E-state index is 12.7. The third kappa shape index (κ3) is 5.66. The van der Waals surface area contributed by atoms with Crippen LogP contribution < -0.4 is 4.74 Å². The van der Waals surface area contributed by atoms with Gasteiger partial charge in [0.25, 0.3) is 5.91 Å². The van der Waals surface area contributed by atoms with Crippen molar-refractivity contribution in [2.45, 2.75) is 17.1 Å². The maximum Gasteiger partial charge on any atom is 0.260 e. The average molecular weight is 419 g/mol. The summed E-state index contributed by atoms with van der Waals surface area (Å²) in [6, 6.07) is 16.8. The first kappa shape index (κ1) is 20.6. The van der Waals surface area contributed by atoms with Gasteiger partial charge in [0, 0.05) is 36.1 Å². The zero-order valence-electron chi connectivity index (χ0n) is 15.7. The van der Waals surface area contributed by atoms with Crippen molar-refractivity contribution in [3.8, 4) is 5.75 Å². The third-order valence-corrected chi connectivity index (χ3v) is 5.88. The predicted molar refractivity (Wildman–Crippen MR) is 112 cm³/mol. The molecular formula is C21H23ClN2O3S. The van der Waals surface area contributed by atoms with E-state index in [1.54, 1.807) is 40.9 Å². The zero-order chi connectivity index (χ0) is 19.9. The summed E-state index contributed by atoms with van der Waals surface area (Å²) in [5.74, 6) is 0.644. The summed E-state index contributed by atoms with van der Waals surface area (Å²) in [4.78, 5) is 29.7. The Morgan fingerprint density at radius 3 is 2.25 bits per heavy atom. The molecular weight excluding hydrogens is 396 g/mol. The van der Waals surface area contributed by atoms with Gasteiger partial charge in [0.1, 0.15) is 5.75 Å². The monoisotopic (exact) mass is 418 g/mol. The molecule has 0 radical (unpaired) electrons. The minimum Gasteiger partial charge on any atom is -0.484 e. The number of thioether (sulfide) groups is 1.